The maximum atomic E-state index is 10.3. The molecule has 0 aliphatic carbocycles. The van der Waals surface area contributed by atoms with Crippen LogP contribution in [0.3, 0.4) is 0 Å². The van der Waals surface area contributed by atoms with E-state index in [0.717, 1.165) is 17.6 Å². The van der Waals surface area contributed by atoms with Crippen molar-refractivity contribution in [3.63, 3.8) is 0 Å². The predicted molar refractivity (Wildman–Crippen MR) is 74.9 cm³/mol. The van der Waals surface area contributed by atoms with Crippen LogP contribution < -0.4 is 5.32 Å². The van der Waals surface area contributed by atoms with Crippen LogP contribution in [0.5, 0.6) is 0 Å². The van der Waals surface area contributed by atoms with E-state index < -0.39 is 5.54 Å². The molecule has 2 aliphatic rings. The quantitative estimate of drug-likeness (QED) is 0.856. The highest BCUT2D eigenvalue weighted by Crippen LogP contribution is 2.34. The van der Waals surface area contributed by atoms with Gasteiger partial charge >= 0.3 is 0 Å². The van der Waals surface area contributed by atoms with E-state index in [4.69, 9.17) is 4.74 Å². The first-order valence-electron chi connectivity index (χ1n) is 6.63. The van der Waals surface area contributed by atoms with E-state index in [1.54, 1.807) is 0 Å². The van der Waals surface area contributed by atoms with Crippen LogP contribution in [0.2, 0.25) is 0 Å². The smallest absolute Gasteiger partial charge is 0.123 e. The molecule has 3 rings (SSSR count). The molecule has 1 fully saturated rings. The molecule has 0 atom stereocenters. The van der Waals surface area contributed by atoms with Crippen molar-refractivity contribution in [2.45, 2.75) is 25.8 Å². The fourth-order valence-corrected chi connectivity index (χ4v) is 2.75. The summed E-state index contributed by atoms with van der Waals surface area (Å²) in [5.74, 6) is 0.414. The summed E-state index contributed by atoms with van der Waals surface area (Å²) in [6.45, 7) is 5.10. The molecule has 100 valence electrons. The second-order valence-corrected chi connectivity index (χ2v) is 5.69. The molecule has 2 N–H and O–H groups in total. The molecular weight excluding hydrogens is 238 g/mol. The summed E-state index contributed by atoms with van der Waals surface area (Å²) >= 11 is 0. The van der Waals surface area contributed by atoms with Gasteiger partial charge in [-0.1, -0.05) is 30.3 Å². The van der Waals surface area contributed by atoms with Crippen molar-refractivity contribution in [3.8, 4) is 0 Å². The first kappa shape index (κ1) is 12.3. The zero-order chi connectivity index (χ0) is 13.5. The number of dihydropyridines is 1. The fraction of sp³-hybridized carbons (Fsp3) is 0.375. The highest BCUT2D eigenvalue weighted by molar-refractivity contribution is 5.48. The van der Waals surface area contributed by atoms with Crippen molar-refractivity contribution in [2.75, 3.05) is 13.2 Å². The van der Waals surface area contributed by atoms with Crippen LogP contribution in [0.15, 0.2) is 52.9 Å². The minimum Gasteiger partial charge on any atom is -0.509 e. The number of hydrogen-bond donors (Lipinski definition) is 2. The summed E-state index contributed by atoms with van der Waals surface area (Å²) in [5.41, 5.74) is 4.11. The fourth-order valence-electron chi connectivity index (χ4n) is 2.75. The Kier molecular flexibility index (Phi) is 2.86. The SMILES string of the molecule is CC1(C)NC(Cc2ccccc2)=C2COCC2=C1O. The first-order chi connectivity index (χ1) is 9.08. The third-order valence-electron chi connectivity index (χ3n) is 3.79. The van der Waals surface area contributed by atoms with Gasteiger partial charge in [0, 0.05) is 23.3 Å². The maximum absolute atomic E-state index is 10.3. The van der Waals surface area contributed by atoms with Crippen LogP contribution in [-0.4, -0.2) is 23.9 Å². The number of fused-ring (bicyclic) bond motifs is 1. The van der Waals surface area contributed by atoms with Gasteiger partial charge in [-0.3, -0.25) is 0 Å². The first-order valence-corrected chi connectivity index (χ1v) is 6.63. The van der Waals surface area contributed by atoms with E-state index >= 15 is 0 Å². The molecular formula is C16H19NO2. The molecule has 3 heteroatoms. The van der Waals surface area contributed by atoms with E-state index in [9.17, 15) is 5.11 Å². The largest absolute Gasteiger partial charge is 0.509 e. The van der Waals surface area contributed by atoms with Gasteiger partial charge < -0.3 is 15.2 Å². The summed E-state index contributed by atoms with van der Waals surface area (Å²) in [6.07, 6.45) is 0.847. The average Bonchev–Trinajstić information content (AvgIpc) is 2.86. The Morgan fingerprint density at radius 1 is 1.16 bits per heavy atom. The second kappa shape index (κ2) is 4.42. The molecule has 19 heavy (non-hydrogen) atoms. The normalized spacial score (nSPS) is 21.4. The topological polar surface area (TPSA) is 41.5 Å². The van der Waals surface area contributed by atoms with Gasteiger partial charge in [0.25, 0.3) is 0 Å². The third-order valence-corrected chi connectivity index (χ3v) is 3.79. The van der Waals surface area contributed by atoms with Gasteiger partial charge in [-0.2, -0.15) is 0 Å². The van der Waals surface area contributed by atoms with Crippen molar-refractivity contribution >= 4 is 0 Å². The lowest BCUT2D eigenvalue weighted by Gasteiger charge is -2.34. The Bertz CT molecular complexity index is 555. The van der Waals surface area contributed by atoms with Gasteiger partial charge in [0.05, 0.1) is 18.8 Å². The molecule has 1 saturated heterocycles. The van der Waals surface area contributed by atoms with Crippen LogP contribution in [0, 0.1) is 0 Å². The maximum Gasteiger partial charge on any atom is 0.123 e. The molecule has 0 radical (unpaired) electrons. The number of hydrogen-bond acceptors (Lipinski definition) is 3. The molecule has 0 aromatic heterocycles. The number of allylic oxidation sites excluding steroid dienone is 1. The number of aliphatic hydroxyl groups excluding tert-OH is 1. The molecule has 0 saturated carbocycles. The number of ether oxygens (including phenoxy) is 1. The summed E-state index contributed by atoms with van der Waals surface area (Å²) in [7, 11) is 0. The Hall–Kier alpha value is -1.74. The van der Waals surface area contributed by atoms with Crippen LogP contribution in [0.25, 0.3) is 0 Å². The summed E-state index contributed by atoms with van der Waals surface area (Å²) in [5, 5.41) is 13.7. The average molecular weight is 257 g/mol. The summed E-state index contributed by atoms with van der Waals surface area (Å²) in [6, 6.07) is 10.4. The minimum atomic E-state index is -0.420. The highest BCUT2D eigenvalue weighted by atomic mass is 16.5. The van der Waals surface area contributed by atoms with E-state index in [0.29, 0.717) is 19.0 Å². The van der Waals surface area contributed by atoms with Crippen LogP contribution in [0.1, 0.15) is 19.4 Å². The lowest BCUT2D eigenvalue weighted by Crippen LogP contribution is -2.45. The Morgan fingerprint density at radius 2 is 1.84 bits per heavy atom. The molecule has 0 spiro atoms. The van der Waals surface area contributed by atoms with Gasteiger partial charge in [-0.25, -0.2) is 0 Å². The van der Waals surface area contributed by atoms with E-state index in [2.05, 4.69) is 17.4 Å². The van der Waals surface area contributed by atoms with E-state index in [1.807, 2.05) is 32.0 Å². The number of rotatable bonds is 2. The molecule has 0 bridgehead atoms. The predicted octanol–water partition coefficient (Wildman–Crippen LogP) is 2.71. The Balaban J connectivity index is 1.98. The Morgan fingerprint density at radius 3 is 2.58 bits per heavy atom. The molecule has 1 aromatic carbocycles. The lowest BCUT2D eigenvalue weighted by molar-refractivity contribution is 0.211. The standard InChI is InChI=1S/C16H19NO2/c1-16(2)15(18)13-10-19-9-12(13)14(17-16)8-11-6-4-3-5-7-11/h3-7,17-18H,8-10H2,1-2H3. The molecule has 0 unspecified atom stereocenters. The zero-order valence-corrected chi connectivity index (χ0v) is 11.4. The van der Waals surface area contributed by atoms with Crippen molar-refractivity contribution in [1.29, 1.82) is 0 Å². The van der Waals surface area contributed by atoms with Crippen LogP contribution in [0.4, 0.5) is 0 Å². The van der Waals surface area contributed by atoms with Crippen molar-refractivity contribution in [1.82, 2.24) is 5.32 Å². The lowest BCUT2D eigenvalue weighted by atomic mass is 9.88. The minimum absolute atomic E-state index is 0.414. The second-order valence-electron chi connectivity index (χ2n) is 5.69. The van der Waals surface area contributed by atoms with Gasteiger partial charge in [-0.15, -0.1) is 0 Å². The van der Waals surface area contributed by atoms with E-state index in [1.165, 1.54) is 11.3 Å². The Labute approximate surface area is 113 Å². The summed E-state index contributed by atoms with van der Waals surface area (Å²) < 4.78 is 5.51. The monoisotopic (exact) mass is 257 g/mol. The molecule has 2 heterocycles. The van der Waals surface area contributed by atoms with Gasteiger partial charge in [0.1, 0.15) is 5.76 Å². The molecule has 0 amide bonds. The number of aliphatic hydroxyl groups is 1. The van der Waals surface area contributed by atoms with Crippen LogP contribution in [-0.2, 0) is 11.2 Å². The van der Waals surface area contributed by atoms with Crippen molar-refractivity contribution in [3.05, 3.63) is 58.5 Å². The zero-order valence-electron chi connectivity index (χ0n) is 11.4. The van der Waals surface area contributed by atoms with E-state index in [-0.39, 0.29) is 0 Å². The third kappa shape index (κ3) is 2.15. The van der Waals surface area contributed by atoms with Gasteiger partial charge in [0.2, 0.25) is 0 Å². The molecule has 3 nitrogen and oxygen atoms in total. The highest BCUT2D eigenvalue weighted by Gasteiger charge is 2.36. The van der Waals surface area contributed by atoms with Crippen LogP contribution >= 0.6 is 0 Å². The molecule has 2 aliphatic heterocycles. The van der Waals surface area contributed by atoms with Gasteiger partial charge in [0.15, 0.2) is 0 Å². The van der Waals surface area contributed by atoms with Gasteiger partial charge in [-0.05, 0) is 19.4 Å². The molecule has 1 aromatic rings. The van der Waals surface area contributed by atoms with Crippen molar-refractivity contribution in [2.24, 2.45) is 0 Å². The number of benzene rings is 1. The number of nitrogens with one attached hydrogen (secondary N) is 1. The van der Waals surface area contributed by atoms with Crippen molar-refractivity contribution < 1.29 is 9.84 Å². The summed E-state index contributed by atoms with van der Waals surface area (Å²) in [4.78, 5) is 0.